The van der Waals surface area contributed by atoms with Crippen LogP contribution in [0.1, 0.15) is 26.7 Å². The standard InChI is InChI=1S/C11H17F3N2O3/c1-10(2)4-3-5-16(10)9(19)15(6-8(17)18)7-11(12,13)14/h3-7H2,1-2H3,(H,17,18). The quantitative estimate of drug-likeness (QED) is 0.860. The van der Waals surface area contributed by atoms with E-state index >= 15 is 0 Å². The fraction of sp³-hybridized carbons (Fsp3) is 0.818. The SMILES string of the molecule is CC1(C)CCCN1C(=O)N(CC(=O)O)CC(F)(F)F. The van der Waals surface area contributed by atoms with E-state index < -0.39 is 36.8 Å². The molecule has 1 saturated heterocycles. The Morgan fingerprint density at radius 3 is 2.32 bits per heavy atom. The number of likely N-dealkylation sites (tertiary alicyclic amines) is 1. The molecule has 1 aliphatic heterocycles. The van der Waals surface area contributed by atoms with E-state index in [0.29, 0.717) is 24.3 Å². The predicted octanol–water partition coefficient (Wildman–Crippen LogP) is 1.93. The highest BCUT2D eigenvalue weighted by atomic mass is 19.4. The van der Waals surface area contributed by atoms with Gasteiger partial charge >= 0.3 is 18.2 Å². The molecule has 0 unspecified atom stereocenters. The van der Waals surface area contributed by atoms with Crippen LogP contribution >= 0.6 is 0 Å². The first kappa shape index (κ1) is 15.6. The maximum Gasteiger partial charge on any atom is 0.406 e. The number of urea groups is 1. The zero-order valence-corrected chi connectivity index (χ0v) is 10.8. The fourth-order valence-electron chi connectivity index (χ4n) is 2.20. The number of amides is 2. The lowest BCUT2D eigenvalue weighted by Crippen LogP contribution is -2.53. The van der Waals surface area contributed by atoms with Gasteiger partial charge in [0.1, 0.15) is 13.1 Å². The summed E-state index contributed by atoms with van der Waals surface area (Å²) < 4.78 is 37.2. The van der Waals surface area contributed by atoms with Crippen molar-refractivity contribution in [2.24, 2.45) is 0 Å². The van der Waals surface area contributed by atoms with E-state index in [1.807, 2.05) is 0 Å². The molecule has 1 heterocycles. The molecule has 0 aromatic carbocycles. The summed E-state index contributed by atoms with van der Waals surface area (Å²) in [6.07, 6.45) is -3.23. The average Bonchev–Trinajstić information content (AvgIpc) is 2.53. The minimum atomic E-state index is -4.62. The molecule has 0 aromatic heterocycles. The monoisotopic (exact) mass is 282 g/mol. The van der Waals surface area contributed by atoms with Crippen molar-refractivity contribution < 1.29 is 27.9 Å². The third-order valence-electron chi connectivity index (χ3n) is 3.10. The fourth-order valence-corrected chi connectivity index (χ4v) is 2.20. The molecule has 2 amide bonds. The van der Waals surface area contributed by atoms with Crippen LogP contribution in [0.3, 0.4) is 0 Å². The van der Waals surface area contributed by atoms with Gasteiger partial charge in [0.15, 0.2) is 0 Å². The van der Waals surface area contributed by atoms with E-state index in [2.05, 4.69) is 0 Å². The number of aliphatic carboxylic acids is 1. The molecule has 1 aliphatic rings. The van der Waals surface area contributed by atoms with Crippen molar-refractivity contribution in [3.63, 3.8) is 0 Å². The second-order valence-corrected chi connectivity index (χ2v) is 5.22. The Hall–Kier alpha value is -1.47. The van der Waals surface area contributed by atoms with E-state index in [1.165, 1.54) is 4.90 Å². The Morgan fingerprint density at radius 2 is 1.95 bits per heavy atom. The summed E-state index contributed by atoms with van der Waals surface area (Å²) in [4.78, 5) is 24.3. The first-order valence-electron chi connectivity index (χ1n) is 5.88. The summed E-state index contributed by atoms with van der Waals surface area (Å²) in [6, 6.07) is -0.873. The number of rotatable bonds is 3. The smallest absolute Gasteiger partial charge is 0.406 e. The second-order valence-electron chi connectivity index (χ2n) is 5.22. The topological polar surface area (TPSA) is 60.9 Å². The maximum absolute atomic E-state index is 12.4. The Bertz CT molecular complexity index is 369. The first-order valence-corrected chi connectivity index (χ1v) is 5.88. The lowest BCUT2D eigenvalue weighted by atomic mass is 10.0. The van der Waals surface area contributed by atoms with Crippen LogP contribution in [0.25, 0.3) is 0 Å². The van der Waals surface area contributed by atoms with Gasteiger partial charge in [-0.05, 0) is 26.7 Å². The summed E-state index contributed by atoms with van der Waals surface area (Å²) in [5.74, 6) is -1.46. The second kappa shape index (κ2) is 5.26. The van der Waals surface area contributed by atoms with Crippen molar-refractivity contribution in [1.29, 1.82) is 0 Å². The van der Waals surface area contributed by atoms with E-state index in [4.69, 9.17) is 5.11 Å². The number of alkyl halides is 3. The molecule has 0 aromatic rings. The van der Waals surface area contributed by atoms with Crippen LogP contribution in [-0.4, -0.2) is 58.3 Å². The summed E-state index contributed by atoms with van der Waals surface area (Å²) in [7, 11) is 0. The molecule has 1 rings (SSSR count). The molecule has 8 heteroatoms. The van der Waals surface area contributed by atoms with Crippen LogP contribution in [0.15, 0.2) is 0 Å². The highest BCUT2D eigenvalue weighted by molar-refractivity contribution is 5.81. The zero-order valence-electron chi connectivity index (χ0n) is 10.8. The van der Waals surface area contributed by atoms with Crippen LogP contribution in [0.4, 0.5) is 18.0 Å². The van der Waals surface area contributed by atoms with Crippen LogP contribution in [0.2, 0.25) is 0 Å². The predicted molar refractivity (Wildman–Crippen MR) is 60.7 cm³/mol. The number of hydrogen-bond donors (Lipinski definition) is 1. The van der Waals surface area contributed by atoms with Gasteiger partial charge in [0.25, 0.3) is 0 Å². The number of carboxylic acids is 1. The molecule has 0 radical (unpaired) electrons. The molecule has 0 aliphatic carbocycles. The summed E-state index contributed by atoms with van der Waals surface area (Å²) in [5, 5.41) is 8.62. The Labute approximate surface area is 109 Å². The number of carboxylic acid groups (broad SMARTS) is 1. The van der Waals surface area contributed by atoms with Crippen molar-refractivity contribution >= 4 is 12.0 Å². The Balaban J connectivity index is 2.85. The van der Waals surface area contributed by atoms with E-state index in [0.717, 1.165) is 0 Å². The molecule has 0 saturated carbocycles. The maximum atomic E-state index is 12.4. The number of halogens is 3. The highest BCUT2D eigenvalue weighted by Crippen LogP contribution is 2.30. The third-order valence-corrected chi connectivity index (χ3v) is 3.10. The molecule has 110 valence electrons. The van der Waals surface area contributed by atoms with Crippen LogP contribution in [-0.2, 0) is 4.79 Å². The normalized spacial score (nSPS) is 18.5. The van der Waals surface area contributed by atoms with Crippen molar-refractivity contribution in [3.05, 3.63) is 0 Å². The van der Waals surface area contributed by atoms with Gasteiger partial charge in [0.2, 0.25) is 0 Å². The van der Waals surface area contributed by atoms with E-state index in [9.17, 15) is 22.8 Å². The van der Waals surface area contributed by atoms with Crippen molar-refractivity contribution in [3.8, 4) is 0 Å². The Morgan fingerprint density at radius 1 is 1.37 bits per heavy atom. The molecule has 1 fully saturated rings. The zero-order chi connectivity index (χ0) is 14.8. The lowest BCUT2D eigenvalue weighted by molar-refractivity contribution is -0.150. The lowest BCUT2D eigenvalue weighted by Gasteiger charge is -2.36. The van der Waals surface area contributed by atoms with Crippen molar-refractivity contribution in [2.45, 2.75) is 38.4 Å². The van der Waals surface area contributed by atoms with Crippen molar-refractivity contribution in [2.75, 3.05) is 19.6 Å². The summed E-state index contributed by atoms with van der Waals surface area (Å²) in [5.41, 5.74) is -0.542. The summed E-state index contributed by atoms with van der Waals surface area (Å²) >= 11 is 0. The van der Waals surface area contributed by atoms with E-state index in [1.54, 1.807) is 13.8 Å². The number of carbonyl (C=O) groups is 2. The van der Waals surface area contributed by atoms with Gasteiger partial charge in [-0.25, -0.2) is 4.79 Å². The van der Waals surface area contributed by atoms with Gasteiger partial charge in [-0.15, -0.1) is 0 Å². The largest absolute Gasteiger partial charge is 0.480 e. The molecule has 0 bridgehead atoms. The number of carbonyl (C=O) groups excluding carboxylic acids is 1. The minimum Gasteiger partial charge on any atom is -0.480 e. The van der Waals surface area contributed by atoms with Gasteiger partial charge in [0.05, 0.1) is 0 Å². The van der Waals surface area contributed by atoms with Crippen LogP contribution < -0.4 is 0 Å². The van der Waals surface area contributed by atoms with Gasteiger partial charge in [0, 0.05) is 12.1 Å². The number of hydrogen-bond acceptors (Lipinski definition) is 2. The van der Waals surface area contributed by atoms with Gasteiger partial charge in [-0.1, -0.05) is 0 Å². The van der Waals surface area contributed by atoms with E-state index in [-0.39, 0.29) is 0 Å². The van der Waals surface area contributed by atoms with Gasteiger partial charge in [-0.3, -0.25) is 4.79 Å². The molecule has 1 N–H and O–H groups in total. The molecule has 0 spiro atoms. The van der Waals surface area contributed by atoms with Crippen molar-refractivity contribution in [1.82, 2.24) is 9.80 Å². The van der Waals surface area contributed by atoms with Gasteiger partial charge < -0.3 is 14.9 Å². The van der Waals surface area contributed by atoms with Crippen LogP contribution in [0.5, 0.6) is 0 Å². The number of nitrogens with zero attached hydrogens (tertiary/aromatic N) is 2. The average molecular weight is 282 g/mol. The third kappa shape index (κ3) is 4.29. The molecule has 5 nitrogen and oxygen atoms in total. The molecular formula is C11H17F3N2O3. The molecule has 0 atom stereocenters. The Kier molecular flexibility index (Phi) is 4.32. The highest BCUT2D eigenvalue weighted by Gasteiger charge is 2.41. The minimum absolute atomic E-state index is 0.329. The van der Waals surface area contributed by atoms with Crippen LogP contribution in [0, 0.1) is 0 Å². The van der Waals surface area contributed by atoms with Gasteiger partial charge in [-0.2, -0.15) is 13.2 Å². The first-order chi connectivity index (χ1) is 8.53. The summed E-state index contributed by atoms with van der Waals surface area (Å²) in [6.45, 7) is 1.35. The molecule has 19 heavy (non-hydrogen) atoms. The molecular weight excluding hydrogens is 265 g/mol.